The summed E-state index contributed by atoms with van der Waals surface area (Å²) in [6.07, 6.45) is 1.78. The second-order valence-electron chi connectivity index (χ2n) is 3.70. The zero-order valence-corrected chi connectivity index (χ0v) is 12.3. The maximum atomic E-state index is 12.0. The van der Waals surface area contributed by atoms with Gasteiger partial charge in [0.15, 0.2) is 5.78 Å². The summed E-state index contributed by atoms with van der Waals surface area (Å²) in [6, 6.07) is 8.52. The largest absolute Gasteiger partial charge is 0.292 e. The molecule has 0 saturated carbocycles. The first-order valence-electron chi connectivity index (χ1n) is 5.15. The molecule has 1 aromatic carbocycles. The van der Waals surface area contributed by atoms with E-state index in [1.54, 1.807) is 36.5 Å². The minimum Gasteiger partial charge on any atom is -0.292 e. The molecule has 0 radical (unpaired) electrons. The summed E-state index contributed by atoms with van der Waals surface area (Å²) in [5, 5.41) is 1.09. The van der Waals surface area contributed by atoms with E-state index >= 15 is 0 Å². The van der Waals surface area contributed by atoms with Crippen molar-refractivity contribution in [2.75, 3.05) is 0 Å². The Morgan fingerprint density at radius 1 is 1.22 bits per heavy atom. The van der Waals surface area contributed by atoms with E-state index in [1.807, 2.05) is 0 Å². The third-order valence-corrected chi connectivity index (χ3v) is 3.44. The van der Waals surface area contributed by atoms with Crippen LogP contribution in [-0.2, 0) is 6.42 Å². The van der Waals surface area contributed by atoms with Gasteiger partial charge in [0.25, 0.3) is 0 Å². The number of halogens is 3. The zero-order valence-electron chi connectivity index (χ0n) is 9.16. The predicted molar refractivity (Wildman–Crippen MR) is 76.4 cm³/mol. The molecule has 2 nitrogen and oxygen atoms in total. The Morgan fingerprint density at radius 3 is 2.67 bits per heavy atom. The van der Waals surface area contributed by atoms with E-state index < -0.39 is 0 Å². The summed E-state index contributed by atoms with van der Waals surface area (Å²) in [5.74, 6) is -0.0910. The number of hydrogen-bond donors (Lipinski definition) is 0. The van der Waals surface area contributed by atoms with Gasteiger partial charge in [-0.1, -0.05) is 23.2 Å². The summed E-state index contributed by atoms with van der Waals surface area (Å²) in [7, 11) is 0. The van der Waals surface area contributed by atoms with Crippen LogP contribution in [-0.4, -0.2) is 10.8 Å². The third-order valence-electron chi connectivity index (χ3n) is 2.37. The van der Waals surface area contributed by atoms with Crippen molar-refractivity contribution < 1.29 is 4.79 Å². The Hall–Kier alpha value is -0.900. The van der Waals surface area contributed by atoms with Gasteiger partial charge in [-0.25, -0.2) is 0 Å². The van der Waals surface area contributed by atoms with Crippen LogP contribution in [0.4, 0.5) is 0 Å². The first kappa shape index (κ1) is 13.5. The highest BCUT2D eigenvalue weighted by molar-refractivity contribution is 9.10. The van der Waals surface area contributed by atoms with Gasteiger partial charge in [0.2, 0.25) is 0 Å². The molecule has 0 unspecified atom stereocenters. The molecule has 0 aliphatic carbocycles. The average molecular weight is 345 g/mol. The van der Waals surface area contributed by atoms with Gasteiger partial charge in [-0.05, 0) is 51.8 Å². The summed E-state index contributed by atoms with van der Waals surface area (Å²) >= 11 is 15.2. The summed E-state index contributed by atoms with van der Waals surface area (Å²) in [6.45, 7) is 0. The number of nitrogens with zero attached hydrogens (tertiary/aromatic N) is 1. The Balaban J connectivity index is 2.21. The highest BCUT2D eigenvalue weighted by Gasteiger charge is 2.11. The second kappa shape index (κ2) is 5.83. The molecule has 0 amide bonds. The lowest BCUT2D eigenvalue weighted by Gasteiger charge is -2.04. The monoisotopic (exact) mass is 343 g/mol. The molecule has 0 bridgehead atoms. The van der Waals surface area contributed by atoms with Crippen LogP contribution in [0.3, 0.4) is 0 Å². The molecule has 92 valence electrons. The first-order valence-corrected chi connectivity index (χ1v) is 6.70. The van der Waals surface area contributed by atoms with Gasteiger partial charge < -0.3 is 0 Å². The fraction of sp³-hybridized carbons (Fsp3) is 0.0769. The lowest BCUT2D eigenvalue weighted by Crippen LogP contribution is -2.06. The lowest BCUT2D eigenvalue weighted by molar-refractivity contribution is 0.0988. The van der Waals surface area contributed by atoms with Crippen molar-refractivity contribution in [1.82, 2.24) is 4.98 Å². The number of benzene rings is 1. The standard InChI is InChI=1S/C13H8BrCl2NO/c14-9-1-4-12(17-7-9)13(18)6-8-5-10(15)2-3-11(8)16/h1-5,7H,6H2. The van der Waals surface area contributed by atoms with Crippen molar-refractivity contribution >= 4 is 44.9 Å². The third kappa shape index (κ3) is 3.31. The zero-order chi connectivity index (χ0) is 13.1. The minimum absolute atomic E-state index is 0.0910. The molecule has 0 saturated heterocycles. The molecule has 0 fully saturated rings. The van der Waals surface area contributed by atoms with Gasteiger partial charge in [0, 0.05) is 27.1 Å². The van der Waals surface area contributed by atoms with E-state index in [-0.39, 0.29) is 12.2 Å². The van der Waals surface area contributed by atoms with Gasteiger partial charge in [-0.3, -0.25) is 9.78 Å². The smallest absolute Gasteiger partial charge is 0.185 e. The van der Waals surface area contributed by atoms with Gasteiger partial charge >= 0.3 is 0 Å². The molecule has 0 aliphatic heterocycles. The minimum atomic E-state index is -0.0910. The number of carbonyl (C=O) groups excluding carboxylic acids is 1. The normalized spacial score (nSPS) is 10.4. The highest BCUT2D eigenvalue weighted by atomic mass is 79.9. The van der Waals surface area contributed by atoms with E-state index in [2.05, 4.69) is 20.9 Å². The van der Waals surface area contributed by atoms with Crippen molar-refractivity contribution in [3.05, 3.63) is 62.3 Å². The van der Waals surface area contributed by atoms with E-state index in [0.717, 1.165) is 4.47 Å². The highest BCUT2D eigenvalue weighted by Crippen LogP contribution is 2.22. The van der Waals surface area contributed by atoms with E-state index in [9.17, 15) is 4.79 Å². The van der Waals surface area contributed by atoms with Crippen LogP contribution in [0.1, 0.15) is 16.1 Å². The molecule has 5 heteroatoms. The number of ketones is 1. The van der Waals surface area contributed by atoms with Crippen LogP contribution in [0, 0.1) is 0 Å². The molecule has 1 heterocycles. The fourth-order valence-electron chi connectivity index (χ4n) is 1.48. The van der Waals surface area contributed by atoms with E-state index in [0.29, 0.717) is 21.3 Å². The van der Waals surface area contributed by atoms with Gasteiger partial charge in [0.05, 0.1) is 0 Å². The Bertz CT molecular complexity index is 584. The second-order valence-corrected chi connectivity index (χ2v) is 5.46. The first-order chi connectivity index (χ1) is 8.56. The number of rotatable bonds is 3. The molecule has 0 spiro atoms. The summed E-state index contributed by atoms with van der Waals surface area (Å²) < 4.78 is 0.833. The molecule has 0 atom stereocenters. The van der Waals surface area contributed by atoms with Gasteiger partial charge in [0.1, 0.15) is 5.69 Å². The van der Waals surface area contributed by atoms with Crippen molar-refractivity contribution in [1.29, 1.82) is 0 Å². The van der Waals surface area contributed by atoms with Crippen molar-refractivity contribution in [3.63, 3.8) is 0 Å². The average Bonchev–Trinajstić information content (AvgIpc) is 2.34. The van der Waals surface area contributed by atoms with Gasteiger partial charge in [-0.15, -0.1) is 0 Å². The van der Waals surface area contributed by atoms with Gasteiger partial charge in [-0.2, -0.15) is 0 Å². The molecular weight excluding hydrogens is 337 g/mol. The Kier molecular flexibility index (Phi) is 4.38. The van der Waals surface area contributed by atoms with E-state index in [1.165, 1.54) is 0 Å². The van der Waals surface area contributed by atoms with Crippen molar-refractivity contribution in [3.8, 4) is 0 Å². The maximum Gasteiger partial charge on any atom is 0.185 e. The summed E-state index contributed by atoms with van der Waals surface area (Å²) in [4.78, 5) is 16.1. The van der Waals surface area contributed by atoms with Crippen LogP contribution >= 0.6 is 39.1 Å². The number of carbonyl (C=O) groups is 1. The predicted octanol–water partition coefficient (Wildman–Crippen LogP) is 4.58. The van der Waals surface area contributed by atoms with Crippen LogP contribution in [0.25, 0.3) is 0 Å². The molecule has 0 aliphatic rings. The Labute approximate surface area is 123 Å². The lowest BCUT2D eigenvalue weighted by atomic mass is 10.1. The molecule has 2 aromatic rings. The topological polar surface area (TPSA) is 30.0 Å². The fourth-order valence-corrected chi connectivity index (χ4v) is 2.10. The van der Waals surface area contributed by atoms with Crippen LogP contribution in [0.2, 0.25) is 10.0 Å². The van der Waals surface area contributed by atoms with Crippen LogP contribution in [0.5, 0.6) is 0 Å². The van der Waals surface area contributed by atoms with Crippen molar-refractivity contribution in [2.45, 2.75) is 6.42 Å². The van der Waals surface area contributed by atoms with E-state index in [4.69, 9.17) is 23.2 Å². The van der Waals surface area contributed by atoms with Crippen LogP contribution < -0.4 is 0 Å². The molecule has 1 aromatic heterocycles. The summed E-state index contributed by atoms with van der Waals surface area (Å²) in [5.41, 5.74) is 1.12. The number of Topliss-reactive ketones (excluding diaryl/α,β-unsaturated/α-hetero) is 1. The number of hydrogen-bond acceptors (Lipinski definition) is 2. The van der Waals surface area contributed by atoms with Crippen LogP contribution in [0.15, 0.2) is 41.0 Å². The number of aromatic nitrogens is 1. The maximum absolute atomic E-state index is 12.0. The quantitative estimate of drug-likeness (QED) is 0.763. The Morgan fingerprint density at radius 2 is 2.00 bits per heavy atom. The SMILES string of the molecule is O=C(Cc1cc(Cl)ccc1Cl)c1ccc(Br)cn1. The molecule has 0 N–H and O–H groups in total. The molecule has 18 heavy (non-hydrogen) atoms. The van der Waals surface area contributed by atoms with Crippen molar-refractivity contribution in [2.24, 2.45) is 0 Å². The molecular formula is C13H8BrCl2NO. The number of pyridine rings is 1. The molecule has 2 rings (SSSR count).